The zero-order valence-corrected chi connectivity index (χ0v) is 17.9. The van der Waals surface area contributed by atoms with Crippen LogP contribution in [0.1, 0.15) is 18.4 Å². The molecule has 30 heavy (non-hydrogen) atoms. The Balaban J connectivity index is 1.36. The third-order valence-corrected chi connectivity index (χ3v) is 8.85. The maximum absolute atomic E-state index is 13.1. The van der Waals surface area contributed by atoms with Crippen LogP contribution < -0.4 is 0 Å². The molecule has 0 aliphatic carbocycles. The summed E-state index contributed by atoms with van der Waals surface area (Å²) in [5, 5.41) is 1.73. The van der Waals surface area contributed by atoms with Crippen molar-refractivity contribution in [3.8, 4) is 0 Å². The lowest BCUT2D eigenvalue weighted by molar-refractivity contribution is -0.158. The minimum atomic E-state index is -3.50. The number of nitrogens with zero attached hydrogens (tertiary/aromatic N) is 3. The lowest BCUT2D eigenvalue weighted by Crippen LogP contribution is -2.58. The summed E-state index contributed by atoms with van der Waals surface area (Å²) < 4.78 is 40.1. The summed E-state index contributed by atoms with van der Waals surface area (Å²) in [6.45, 7) is 1.71. The van der Waals surface area contributed by atoms with Crippen molar-refractivity contribution < 1.29 is 22.4 Å². The van der Waals surface area contributed by atoms with E-state index in [0.29, 0.717) is 43.2 Å². The van der Waals surface area contributed by atoms with E-state index in [0.717, 1.165) is 5.56 Å². The number of rotatable bonds is 5. The van der Waals surface area contributed by atoms with Crippen molar-refractivity contribution in [2.24, 2.45) is 0 Å². The van der Waals surface area contributed by atoms with Crippen LogP contribution in [-0.4, -0.2) is 66.6 Å². The van der Waals surface area contributed by atoms with Gasteiger partial charge < -0.3 is 9.80 Å². The molecule has 2 fully saturated rings. The number of piperazine rings is 1. The summed E-state index contributed by atoms with van der Waals surface area (Å²) in [4.78, 5) is 28.3. The van der Waals surface area contributed by atoms with Gasteiger partial charge in [0.2, 0.25) is 0 Å². The highest BCUT2D eigenvalue weighted by Crippen LogP contribution is 2.26. The van der Waals surface area contributed by atoms with Gasteiger partial charge in [0.1, 0.15) is 10.0 Å². The Bertz CT molecular complexity index is 1020. The molecule has 0 spiro atoms. The van der Waals surface area contributed by atoms with Gasteiger partial charge in [0.15, 0.2) is 0 Å². The molecule has 0 saturated carbocycles. The minimum Gasteiger partial charge on any atom is -0.330 e. The number of hydrogen-bond donors (Lipinski definition) is 0. The van der Waals surface area contributed by atoms with Crippen LogP contribution in [0.2, 0.25) is 0 Å². The molecular formula is C20H22FN3O4S2. The second-order valence-corrected chi connectivity index (χ2v) is 10.5. The average molecular weight is 452 g/mol. The summed E-state index contributed by atoms with van der Waals surface area (Å²) >= 11 is 1.19. The highest BCUT2D eigenvalue weighted by Gasteiger charge is 2.39. The van der Waals surface area contributed by atoms with Crippen molar-refractivity contribution in [3.05, 3.63) is 53.2 Å². The summed E-state index contributed by atoms with van der Waals surface area (Å²) in [7, 11) is -3.50. The number of halogens is 1. The second kappa shape index (κ2) is 8.44. The molecular weight excluding hydrogens is 429 g/mol. The van der Waals surface area contributed by atoms with Gasteiger partial charge in [-0.1, -0.05) is 18.2 Å². The summed E-state index contributed by atoms with van der Waals surface area (Å²) in [6.07, 6.45) is 1.00. The highest BCUT2D eigenvalue weighted by atomic mass is 32.2. The monoisotopic (exact) mass is 451 g/mol. The Morgan fingerprint density at radius 2 is 1.67 bits per heavy atom. The first-order valence-electron chi connectivity index (χ1n) is 9.74. The highest BCUT2D eigenvalue weighted by molar-refractivity contribution is 7.91. The second-order valence-electron chi connectivity index (χ2n) is 7.42. The maximum atomic E-state index is 13.1. The van der Waals surface area contributed by atoms with Crippen LogP contribution >= 0.6 is 11.3 Å². The van der Waals surface area contributed by atoms with Gasteiger partial charge in [0.25, 0.3) is 10.0 Å². The molecule has 2 amide bonds. The number of piperidine rings is 1. The van der Waals surface area contributed by atoms with Crippen LogP contribution in [0.3, 0.4) is 0 Å². The first-order chi connectivity index (χ1) is 14.4. The summed E-state index contributed by atoms with van der Waals surface area (Å²) in [5.41, 5.74) is 0.762. The van der Waals surface area contributed by atoms with Gasteiger partial charge in [-0.25, -0.2) is 12.8 Å². The number of amides is 2. The van der Waals surface area contributed by atoms with E-state index in [1.165, 1.54) is 32.7 Å². The number of thiophene rings is 1. The number of benzene rings is 1. The standard InChI is InChI=1S/C20H22FN3O4S2/c21-16-5-3-15(4-6-16)14-22-11-12-24(20(26)19(22)25)17-7-9-23(10-8-17)30(27,28)18-2-1-13-29-18/h1-6,13,17H,7-12,14H2. The molecule has 4 rings (SSSR count). The SMILES string of the molecule is O=C1C(=O)N(C2CCN(S(=O)(=O)c3cccs3)CC2)CCN1Cc1ccc(F)cc1. The average Bonchev–Trinajstić information content (AvgIpc) is 3.29. The Morgan fingerprint density at radius 1 is 0.967 bits per heavy atom. The number of carbonyl (C=O) groups is 2. The lowest BCUT2D eigenvalue weighted by atomic mass is 10.0. The third kappa shape index (κ3) is 4.12. The zero-order valence-electron chi connectivity index (χ0n) is 16.2. The van der Waals surface area contributed by atoms with Gasteiger partial charge in [0.05, 0.1) is 0 Å². The first-order valence-corrected chi connectivity index (χ1v) is 12.1. The molecule has 7 nitrogen and oxygen atoms in total. The van der Waals surface area contributed by atoms with Crippen LogP contribution in [-0.2, 0) is 26.2 Å². The Hall–Kier alpha value is -2.30. The molecule has 2 aliphatic heterocycles. The molecule has 160 valence electrons. The van der Waals surface area contributed by atoms with Crippen LogP contribution in [0, 0.1) is 5.82 Å². The van der Waals surface area contributed by atoms with Crippen molar-refractivity contribution in [1.29, 1.82) is 0 Å². The van der Waals surface area contributed by atoms with Crippen molar-refractivity contribution >= 4 is 33.2 Å². The smallest absolute Gasteiger partial charge is 0.312 e. The van der Waals surface area contributed by atoms with Crippen molar-refractivity contribution in [3.63, 3.8) is 0 Å². The molecule has 2 aromatic rings. The van der Waals surface area contributed by atoms with E-state index in [4.69, 9.17) is 0 Å². The van der Waals surface area contributed by atoms with E-state index >= 15 is 0 Å². The van der Waals surface area contributed by atoms with Crippen LogP contribution in [0.25, 0.3) is 0 Å². The van der Waals surface area contributed by atoms with Gasteiger partial charge >= 0.3 is 11.8 Å². The molecule has 0 atom stereocenters. The van der Waals surface area contributed by atoms with E-state index in [2.05, 4.69) is 0 Å². The van der Waals surface area contributed by atoms with Crippen LogP contribution in [0.15, 0.2) is 46.0 Å². The van der Waals surface area contributed by atoms with Crippen LogP contribution in [0.4, 0.5) is 4.39 Å². The van der Waals surface area contributed by atoms with Crippen molar-refractivity contribution in [2.75, 3.05) is 26.2 Å². The number of sulfonamides is 1. The molecule has 0 radical (unpaired) electrons. The molecule has 2 saturated heterocycles. The molecule has 2 aliphatic rings. The quantitative estimate of drug-likeness (QED) is 0.651. The molecule has 0 N–H and O–H groups in total. The van der Waals surface area contributed by atoms with Crippen molar-refractivity contribution in [2.45, 2.75) is 29.6 Å². The van der Waals surface area contributed by atoms with E-state index < -0.39 is 21.8 Å². The Kier molecular flexibility index (Phi) is 5.90. The Labute approximate surface area is 178 Å². The molecule has 0 bridgehead atoms. The maximum Gasteiger partial charge on any atom is 0.312 e. The first kappa shape index (κ1) is 21.0. The van der Waals surface area contributed by atoms with E-state index in [-0.39, 0.29) is 18.4 Å². The largest absolute Gasteiger partial charge is 0.330 e. The van der Waals surface area contributed by atoms with Gasteiger partial charge in [-0.15, -0.1) is 11.3 Å². The van der Waals surface area contributed by atoms with E-state index in [1.54, 1.807) is 34.5 Å². The normalized spacial score (nSPS) is 19.5. The van der Waals surface area contributed by atoms with Crippen LogP contribution in [0.5, 0.6) is 0 Å². The predicted octanol–water partition coefficient (Wildman–Crippen LogP) is 1.91. The fourth-order valence-electron chi connectivity index (χ4n) is 3.93. The lowest BCUT2D eigenvalue weighted by Gasteiger charge is -2.41. The van der Waals surface area contributed by atoms with Gasteiger partial charge in [-0.05, 0) is 42.0 Å². The van der Waals surface area contributed by atoms with E-state index in [1.807, 2.05) is 0 Å². The Morgan fingerprint density at radius 3 is 2.30 bits per heavy atom. The summed E-state index contributed by atoms with van der Waals surface area (Å²) in [6, 6.07) is 9.01. The molecule has 1 aromatic carbocycles. The molecule has 1 aromatic heterocycles. The number of carbonyl (C=O) groups excluding carboxylic acids is 2. The molecule has 3 heterocycles. The zero-order chi connectivity index (χ0) is 21.3. The molecule has 0 unspecified atom stereocenters. The predicted molar refractivity (Wildman–Crippen MR) is 110 cm³/mol. The fraction of sp³-hybridized carbons (Fsp3) is 0.400. The van der Waals surface area contributed by atoms with Crippen molar-refractivity contribution in [1.82, 2.24) is 14.1 Å². The number of hydrogen-bond acceptors (Lipinski definition) is 5. The van der Waals surface area contributed by atoms with E-state index in [9.17, 15) is 22.4 Å². The van der Waals surface area contributed by atoms with Gasteiger partial charge in [0, 0.05) is 38.8 Å². The minimum absolute atomic E-state index is 0.149. The molecule has 10 heteroatoms. The summed E-state index contributed by atoms with van der Waals surface area (Å²) in [5.74, 6) is -1.47. The fourth-order valence-corrected chi connectivity index (χ4v) is 6.55. The third-order valence-electron chi connectivity index (χ3n) is 5.58. The van der Waals surface area contributed by atoms with Gasteiger partial charge in [-0.2, -0.15) is 4.31 Å². The van der Waals surface area contributed by atoms with Gasteiger partial charge in [-0.3, -0.25) is 9.59 Å². The topological polar surface area (TPSA) is 78.0 Å².